The Balaban J connectivity index is 4.49. The molecule has 0 saturated heterocycles. The first-order valence-electron chi connectivity index (χ1n) is 35.0. The van der Waals surface area contributed by atoms with Crippen molar-refractivity contribution in [3.63, 3.8) is 0 Å². The van der Waals surface area contributed by atoms with Crippen molar-refractivity contribution in [3.8, 4) is 0 Å². The van der Waals surface area contributed by atoms with Crippen LogP contribution in [0, 0.1) is 0 Å². The van der Waals surface area contributed by atoms with Crippen LogP contribution in [0.25, 0.3) is 0 Å². The van der Waals surface area contributed by atoms with Gasteiger partial charge in [-0.15, -0.1) is 0 Å². The third-order valence-electron chi connectivity index (χ3n) is 15.0. The lowest BCUT2D eigenvalue weighted by atomic mass is 10.0. The Hall–Kier alpha value is -4.19. The van der Waals surface area contributed by atoms with Crippen LogP contribution < -0.4 is 0 Å². The molecule has 1 unspecified atom stereocenters. The number of allylic oxidation sites excluding steroid dienone is 20. The first-order valence-corrected chi connectivity index (χ1v) is 35.0. The normalized spacial score (nSPS) is 12.9. The van der Waals surface area contributed by atoms with Gasteiger partial charge in [-0.05, 0) is 109 Å². The molecular weight excluding hydrogens is 1020 g/mol. The molecule has 0 N–H and O–H groups in total. The smallest absolute Gasteiger partial charge is 0.306 e. The molecule has 474 valence electrons. The van der Waals surface area contributed by atoms with Crippen molar-refractivity contribution in [1.82, 2.24) is 0 Å². The lowest BCUT2D eigenvalue weighted by Crippen LogP contribution is -2.30. The lowest BCUT2D eigenvalue weighted by molar-refractivity contribution is -0.167. The van der Waals surface area contributed by atoms with Gasteiger partial charge in [-0.3, -0.25) is 14.4 Å². The van der Waals surface area contributed by atoms with E-state index in [0.717, 1.165) is 109 Å². The maximum Gasteiger partial charge on any atom is 0.306 e. The second kappa shape index (κ2) is 70.3. The van der Waals surface area contributed by atoms with Gasteiger partial charge >= 0.3 is 17.9 Å². The fourth-order valence-electron chi connectivity index (χ4n) is 9.74. The highest BCUT2D eigenvalue weighted by atomic mass is 16.6. The molecular formula is C77H130O6. The van der Waals surface area contributed by atoms with Gasteiger partial charge in [-0.2, -0.15) is 0 Å². The third-order valence-corrected chi connectivity index (χ3v) is 15.0. The van der Waals surface area contributed by atoms with Crippen LogP contribution in [0.5, 0.6) is 0 Å². The molecule has 0 aliphatic rings. The van der Waals surface area contributed by atoms with Crippen LogP contribution in [0.2, 0.25) is 0 Å². The number of carbonyl (C=O) groups excluding carboxylic acids is 3. The summed E-state index contributed by atoms with van der Waals surface area (Å²) in [5.41, 5.74) is 0. The fourth-order valence-corrected chi connectivity index (χ4v) is 9.74. The topological polar surface area (TPSA) is 78.9 Å². The highest BCUT2D eigenvalue weighted by molar-refractivity contribution is 5.71. The molecule has 6 nitrogen and oxygen atoms in total. The van der Waals surface area contributed by atoms with E-state index in [1.54, 1.807) is 0 Å². The lowest BCUT2D eigenvalue weighted by Gasteiger charge is -2.18. The number of hydrogen-bond donors (Lipinski definition) is 0. The molecule has 0 aliphatic heterocycles. The fraction of sp³-hybridized carbons (Fsp3) is 0.701. The summed E-state index contributed by atoms with van der Waals surface area (Å²) in [6.45, 7) is 6.50. The second-order valence-corrected chi connectivity index (χ2v) is 23.1. The zero-order valence-electron chi connectivity index (χ0n) is 54.4. The van der Waals surface area contributed by atoms with E-state index < -0.39 is 6.10 Å². The van der Waals surface area contributed by atoms with Gasteiger partial charge in [-0.1, -0.05) is 322 Å². The van der Waals surface area contributed by atoms with Gasteiger partial charge in [0.1, 0.15) is 13.2 Å². The average molecular weight is 1150 g/mol. The van der Waals surface area contributed by atoms with Crippen LogP contribution in [-0.2, 0) is 28.6 Å². The monoisotopic (exact) mass is 1150 g/mol. The second-order valence-electron chi connectivity index (χ2n) is 23.1. The summed E-state index contributed by atoms with van der Waals surface area (Å²) in [4.78, 5) is 38.5. The number of esters is 3. The van der Waals surface area contributed by atoms with Crippen LogP contribution in [0.4, 0.5) is 0 Å². The first kappa shape index (κ1) is 78.8. The Kier molecular flexibility index (Phi) is 66.7. The van der Waals surface area contributed by atoms with Crippen LogP contribution in [-0.4, -0.2) is 37.2 Å². The molecule has 0 fully saturated rings. The summed E-state index contributed by atoms with van der Waals surface area (Å²) in [6.07, 6.45) is 97.9. The van der Waals surface area contributed by atoms with E-state index in [1.807, 2.05) is 0 Å². The number of hydrogen-bond acceptors (Lipinski definition) is 6. The predicted octanol–water partition coefficient (Wildman–Crippen LogP) is 24.3. The number of rotatable bonds is 63. The molecule has 6 heteroatoms. The molecule has 0 aromatic rings. The molecule has 0 radical (unpaired) electrons. The molecule has 0 bridgehead atoms. The number of unbranched alkanes of at least 4 members (excludes halogenated alkanes) is 32. The summed E-state index contributed by atoms with van der Waals surface area (Å²) in [6, 6.07) is 0. The molecule has 0 rings (SSSR count). The van der Waals surface area contributed by atoms with Gasteiger partial charge in [0, 0.05) is 19.3 Å². The van der Waals surface area contributed by atoms with Crippen molar-refractivity contribution >= 4 is 17.9 Å². The standard InChI is InChI=1S/C77H130O6/c1-4-7-10-13-16-19-22-25-28-31-34-36-38-40-43-46-49-52-55-58-61-64-67-70-76(79)82-73-74(72-81-75(78)69-66-63-60-57-54-51-48-45-42-33-30-27-24-21-18-15-12-9-6-3)83-77(80)71-68-65-62-59-56-53-50-47-44-41-39-37-35-32-29-26-23-20-17-14-11-8-5-2/h7,10,16,19,23,25-26,28,32,34-36,39-41,43,49,52,58,61,74H,4-6,8-9,11-15,17-18,20-22,24,27,29-31,33,37-38,42,44-48,50-51,53-57,59-60,62-73H2,1-3H3/b10-7-,19-16-,26-23-,28-25-,35-32-,36-34-,41-39-,43-40-,52-49-,61-58-. The van der Waals surface area contributed by atoms with Gasteiger partial charge in [0.25, 0.3) is 0 Å². The number of ether oxygens (including phenoxy) is 3. The minimum Gasteiger partial charge on any atom is -0.462 e. The van der Waals surface area contributed by atoms with E-state index in [-0.39, 0.29) is 37.5 Å². The summed E-state index contributed by atoms with van der Waals surface area (Å²) in [7, 11) is 0. The zero-order chi connectivity index (χ0) is 59.9. The van der Waals surface area contributed by atoms with E-state index in [1.165, 1.54) is 173 Å². The van der Waals surface area contributed by atoms with Crippen molar-refractivity contribution in [2.24, 2.45) is 0 Å². The summed E-state index contributed by atoms with van der Waals surface area (Å²) < 4.78 is 16.9. The largest absolute Gasteiger partial charge is 0.462 e. The molecule has 0 spiro atoms. The molecule has 0 amide bonds. The summed E-state index contributed by atoms with van der Waals surface area (Å²) >= 11 is 0. The Morgan fingerprint density at radius 3 is 0.783 bits per heavy atom. The average Bonchev–Trinajstić information content (AvgIpc) is 3.49. The molecule has 83 heavy (non-hydrogen) atoms. The minimum atomic E-state index is -0.810. The Morgan fingerprint density at radius 2 is 0.482 bits per heavy atom. The van der Waals surface area contributed by atoms with Gasteiger partial charge in [-0.25, -0.2) is 0 Å². The van der Waals surface area contributed by atoms with Gasteiger partial charge in [0.15, 0.2) is 6.10 Å². The van der Waals surface area contributed by atoms with Crippen molar-refractivity contribution in [2.75, 3.05) is 13.2 Å². The maximum absolute atomic E-state index is 13.0. The van der Waals surface area contributed by atoms with Crippen LogP contribution >= 0.6 is 0 Å². The van der Waals surface area contributed by atoms with Crippen molar-refractivity contribution < 1.29 is 28.6 Å². The Labute approximate surface area is 513 Å². The molecule has 0 heterocycles. The summed E-state index contributed by atoms with van der Waals surface area (Å²) in [5.74, 6) is -0.956. The summed E-state index contributed by atoms with van der Waals surface area (Å²) in [5, 5.41) is 0. The zero-order valence-corrected chi connectivity index (χ0v) is 54.4. The van der Waals surface area contributed by atoms with Gasteiger partial charge in [0.05, 0.1) is 0 Å². The van der Waals surface area contributed by atoms with Crippen molar-refractivity contribution in [3.05, 3.63) is 122 Å². The van der Waals surface area contributed by atoms with E-state index in [2.05, 4.69) is 142 Å². The van der Waals surface area contributed by atoms with E-state index in [9.17, 15) is 14.4 Å². The van der Waals surface area contributed by atoms with Crippen LogP contribution in [0.1, 0.15) is 329 Å². The molecule has 0 aromatic heterocycles. The van der Waals surface area contributed by atoms with Crippen molar-refractivity contribution in [1.29, 1.82) is 0 Å². The van der Waals surface area contributed by atoms with E-state index >= 15 is 0 Å². The molecule has 0 aliphatic carbocycles. The predicted molar refractivity (Wildman–Crippen MR) is 362 cm³/mol. The van der Waals surface area contributed by atoms with E-state index in [4.69, 9.17) is 14.2 Å². The van der Waals surface area contributed by atoms with Gasteiger partial charge < -0.3 is 14.2 Å². The van der Waals surface area contributed by atoms with Crippen molar-refractivity contribution in [2.45, 2.75) is 335 Å². The third kappa shape index (κ3) is 68.5. The Bertz CT molecular complexity index is 1700. The van der Waals surface area contributed by atoms with E-state index in [0.29, 0.717) is 19.3 Å². The maximum atomic E-state index is 13.0. The SMILES string of the molecule is CC/C=C\C/C=C\C/C=C\C/C=C\C/C=C\C/C=C\C/C=C\CCCC(=O)OCC(COC(=O)CCCCCCCCCCCCCCCCCCCCC)OC(=O)CCCCCCCCCC/C=C\C/C=C\C/C=C\CCCCCCC. The first-order chi connectivity index (χ1) is 41.0. The van der Waals surface area contributed by atoms with Crippen LogP contribution in [0.15, 0.2) is 122 Å². The highest BCUT2D eigenvalue weighted by Gasteiger charge is 2.19. The molecule has 0 saturated carbocycles. The van der Waals surface area contributed by atoms with Crippen LogP contribution in [0.3, 0.4) is 0 Å². The quantitative estimate of drug-likeness (QED) is 0.0261. The minimum absolute atomic E-state index is 0.0988. The Morgan fingerprint density at radius 1 is 0.253 bits per heavy atom. The highest BCUT2D eigenvalue weighted by Crippen LogP contribution is 2.17. The molecule has 0 aromatic carbocycles. The van der Waals surface area contributed by atoms with Gasteiger partial charge in [0.2, 0.25) is 0 Å². The molecule has 1 atom stereocenters. The number of carbonyl (C=O) groups is 3.